The molecule has 1 amide bonds. The summed E-state index contributed by atoms with van der Waals surface area (Å²) in [5, 5.41) is 2.87. The average Bonchev–Trinajstić information content (AvgIpc) is 2.38. The molecule has 20 heavy (non-hydrogen) atoms. The van der Waals surface area contributed by atoms with E-state index in [1.54, 1.807) is 12.1 Å². The van der Waals surface area contributed by atoms with Gasteiger partial charge in [0.15, 0.2) is 0 Å². The van der Waals surface area contributed by atoms with Crippen molar-refractivity contribution in [3.63, 3.8) is 0 Å². The van der Waals surface area contributed by atoms with Gasteiger partial charge in [0, 0.05) is 17.3 Å². The second kappa shape index (κ2) is 5.78. The van der Waals surface area contributed by atoms with Gasteiger partial charge in [0.25, 0.3) is 5.91 Å². The van der Waals surface area contributed by atoms with Crippen molar-refractivity contribution in [3.05, 3.63) is 60.2 Å². The summed E-state index contributed by atoms with van der Waals surface area (Å²) in [5.74, 6) is 0.613. The van der Waals surface area contributed by atoms with Crippen molar-refractivity contribution in [1.29, 1.82) is 0 Å². The van der Waals surface area contributed by atoms with Crippen LogP contribution in [0.1, 0.15) is 31.1 Å². The van der Waals surface area contributed by atoms with Gasteiger partial charge in [-0.15, -0.1) is 0 Å². The lowest BCUT2D eigenvalue weighted by atomic mass is 10.2. The number of benzene rings is 2. The second-order valence-corrected chi connectivity index (χ2v) is 5.56. The standard InChI is InChI=1S/C17H19NO2/c1-17(2,3)20-15-11-7-10-14(12-15)18-16(19)13-8-5-4-6-9-13/h4-12H,1-3H3,(H,18,19). The van der Waals surface area contributed by atoms with Crippen LogP contribution in [-0.2, 0) is 0 Å². The van der Waals surface area contributed by atoms with E-state index in [0.29, 0.717) is 5.56 Å². The van der Waals surface area contributed by atoms with E-state index in [1.807, 2.05) is 63.2 Å². The van der Waals surface area contributed by atoms with Crippen molar-refractivity contribution in [2.45, 2.75) is 26.4 Å². The first-order valence-corrected chi connectivity index (χ1v) is 6.59. The van der Waals surface area contributed by atoms with Crippen molar-refractivity contribution in [1.82, 2.24) is 0 Å². The maximum absolute atomic E-state index is 12.1. The number of hydrogen-bond acceptors (Lipinski definition) is 2. The monoisotopic (exact) mass is 269 g/mol. The topological polar surface area (TPSA) is 38.3 Å². The molecule has 0 bridgehead atoms. The lowest BCUT2D eigenvalue weighted by molar-refractivity contribution is 0.102. The SMILES string of the molecule is CC(C)(C)Oc1cccc(NC(=O)c2ccccc2)c1. The van der Waals surface area contributed by atoms with Crippen LogP contribution >= 0.6 is 0 Å². The summed E-state index contributed by atoms with van der Waals surface area (Å²) in [7, 11) is 0. The zero-order valence-electron chi connectivity index (χ0n) is 12.0. The Hall–Kier alpha value is -2.29. The molecular weight excluding hydrogens is 250 g/mol. The van der Waals surface area contributed by atoms with Gasteiger partial charge in [0.05, 0.1) is 0 Å². The molecule has 0 aliphatic heterocycles. The highest BCUT2D eigenvalue weighted by molar-refractivity contribution is 6.04. The maximum Gasteiger partial charge on any atom is 0.255 e. The number of amides is 1. The van der Waals surface area contributed by atoms with Crippen molar-refractivity contribution in [2.24, 2.45) is 0 Å². The summed E-state index contributed by atoms with van der Waals surface area (Å²) >= 11 is 0. The van der Waals surface area contributed by atoms with Gasteiger partial charge >= 0.3 is 0 Å². The summed E-state index contributed by atoms with van der Waals surface area (Å²) in [6, 6.07) is 16.5. The Morgan fingerprint density at radius 2 is 1.70 bits per heavy atom. The Balaban J connectivity index is 2.10. The minimum absolute atomic E-state index is 0.126. The van der Waals surface area contributed by atoms with Gasteiger partial charge in [0.2, 0.25) is 0 Å². The van der Waals surface area contributed by atoms with E-state index in [0.717, 1.165) is 11.4 Å². The smallest absolute Gasteiger partial charge is 0.255 e. The number of rotatable bonds is 3. The first kappa shape index (κ1) is 14.1. The van der Waals surface area contributed by atoms with E-state index >= 15 is 0 Å². The molecule has 0 atom stereocenters. The predicted molar refractivity (Wildman–Crippen MR) is 81.2 cm³/mol. The number of carbonyl (C=O) groups is 1. The molecule has 2 aromatic carbocycles. The minimum atomic E-state index is -0.262. The van der Waals surface area contributed by atoms with Crippen LogP contribution in [0.5, 0.6) is 5.75 Å². The Kier molecular flexibility index (Phi) is 4.08. The zero-order chi connectivity index (χ0) is 14.6. The van der Waals surface area contributed by atoms with E-state index in [4.69, 9.17) is 4.74 Å². The van der Waals surface area contributed by atoms with Crippen LogP contribution in [0.15, 0.2) is 54.6 Å². The van der Waals surface area contributed by atoms with Gasteiger partial charge in [-0.1, -0.05) is 24.3 Å². The molecule has 0 fully saturated rings. The summed E-state index contributed by atoms with van der Waals surface area (Å²) in [6.45, 7) is 5.96. The largest absolute Gasteiger partial charge is 0.488 e. The van der Waals surface area contributed by atoms with Crippen molar-refractivity contribution in [3.8, 4) is 5.75 Å². The van der Waals surface area contributed by atoms with Crippen molar-refractivity contribution >= 4 is 11.6 Å². The third-order valence-electron chi connectivity index (χ3n) is 2.55. The zero-order valence-corrected chi connectivity index (χ0v) is 12.0. The lowest BCUT2D eigenvalue weighted by Gasteiger charge is -2.21. The molecule has 3 heteroatoms. The van der Waals surface area contributed by atoms with E-state index in [2.05, 4.69) is 5.32 Å². The van der Waals surface area contributed by atoms with Gasteiger partial charge < -0.3 is 10.1 Å². The third-order valence-corrected chi connectivity index (χ3v) is 2.55. The third kappa shape index (κ3) is 4.12. The van der Waals surface area contributed by atoms with Crippen LogP contribution in [-0.4, -0.2) is 11.5 Å². The number of ether oxygens (including phenoxy) is 1. The van der Waals surface area contributed by atoms with Crippen molar-refractivity contribution < 1.29 is 9.53 Å². The van der Waals surface area contributed by atoms with Crippen molar-refractivity contribution in [2.75, 3.05) is 5.32 Å². The molecule has 0 radical (unpaired) electrons. The highest BCUT2D eigenvalue weighted by Crippen LogP contribution is 2.22. The summed E-state index contributed by atoms with van der Waals surface area (Å²) in [6.07, 6.45) is 0. The first-order valence-electron chi connectivity index (χ1n) is 6.59. The quantitative estimate of drug-likeness (QED) is 0.910. The number of anilines is 1. The molecule has 0 aliphatic carbocycles. The molecule has 0 aromatic heterocycles. The van der Waals surface area contributed by atoms with E-state index < -0.39 is 0 Å². The highest BCUT2D eigenvalue weighted by Gasteiger charge is 2.12. The summed E-state index contributed by atoms with van der Waals surface area (Å²) < 4.78 is 5.78. The number of hydrogen-bond donors (Lipinski definition) is 1. The summed E-state index contributed by atoms with van der Waals surface area (Å²) in [4.78, 5) is 12.1. The van der Waals surface area contributed by atoms with E-state index in [9.17, 15) is 4.79 Å². The first-order chi connectivity index (χ1) is 9.44. The van der Waals surface area contributed by atoms with Gasteiger partial charge in [-0.3, -0.25) is 4.79 Å². The molecule has 104 valence electrons. The normalized spacial score (nSPS) is 10.9. The molecule has 0 spiro atoms. The van der Waals surface area contributed by atoms with Gasteiger partial charge in [-0.25, -0.2) is 0 Å². The van der Waals surface area contributed by atoms with Crippen LogP contribution in [0.3, 0.4) is 0 Å². The number of nitrogens with one attached hydrogen (secondary N) is 1. The minimum Gasteiger partial charge on any atom is -0.488 e. The van der Waals surface area contributed by atoms with Crippen LogP contribution in [0.2, 0.25) is 0 Å². The molecule has 0 unspecified atom stereocenters. The molecule has 2 aromatic rings. The fourth-order valence-electron chi connectivity index (χ4n) is 1.78. The molecule has 0 aliphatic rings. The molecule has 0 heterocycles. The molecular formula is C17H19NO2. The van der Waals surface area contributed by atoms with Crippen LogP contribution in [0, 0.1) is 0 Å². The van der Waals surface area contributed by atoms with Crippen LogP contribution in [0.4, 0.5) is 5.69 Å². The van der Waals surface area contributed by atoms with Gasteiger partial charge in [-0.05, 0) is 45.0 Å². The Morgan fingerprint density at radius 1 is 1.00 bits per heavy atom. The number of carbonyl (C=O) groups excluding carboxylic acids is 1. The summed E-state index contributed by atoms with van der Waals surface area (Å²) in [5.41, 5.74) is 1.09. The lowest BCUT2D eigenvalue weighted by Crippen LogP contribution is -2.23. The van der Waals surface area contributed by atoms with Gasteiger partial charge in [-0.2, -0.15) is 0 Å². The molecule has 0 saturated heterocycles. The van der Waals surface area contributed by atoms with E-state index in [1.165, 1.54) is 0 Å². The van der Waals surface area contributed by atoms with Gasteiger partial charge in [0.1, 0.15) is 11.4 Å². The van der Waals surface area contributed by atoms with Crippen LogP contribution in [0.25, 0.3) is 0 Å². The predicted octanol–water partition coefficient (Wildman–Crippen LogP) is 4.12. The van der Waals surface area contributed by atoms with E-state index in [-0.39, 0.29) is 11.5 Å². The Bertz CT molecular complexity index is 585. The molecule has 1 N–H and O–H groups in total. The Labute approximate surface area is 119 Å². The van der Waals surface area contributed by atoms with Crippen LogP contribution < -0.4 is 10.1 Å². The second-order valence-electron chi connectivity index (χ2n) is 5.56. The Morgan fingerprint density at radius 3 is 2.35 bits per heavy atom. The fourth-order valence-corrected chi connectivity index (χ4v) is 1.78. The molecule has 3 nitrogen and oxygen atoms in total. The molecule has 0 saturated carbocycles. The maximum atomic E-state index is 12.1. The molecule has 2 rings (SSSR count). The average molecular weight is 269 g/mol. The fraction of sp³-hybridized carbons (Fsp3) is 0.235. The highest BCUT2D eigenvalue weighted by atomic mass is 16.5.